The quantitative estimate of drug-likeness (QED) is 0.757. The van der Waals surface area contributed by atoms with Gasteiger partial charge in [0, 0.05) is 45.0 Å². The van der Waals surface area contributed by atoms with Gasteiger partial charge in [-0.3, -0.25) is 9.59 Å². The van der Waals surface area contributed by atoms with Gasteiger partial charge in [-0.25, -0.2) is 0 Å². The summed E-state index contributed by atoms with van der Waals surface area (Å²) in [7, 11) is 3.10. The van der Waals surface area contributed by atoms with Crippen LogP contribution in [0.1, 0.15) is 23.2 Å². The molecule has 9 heteroatoms. The summed E-state index contributed by atoms with van der Waals surface area (Å²) in [6.07, 6.45) is 1.65. The van der Waals surface area contributed by atoms with Gasteiger partial charge in [-0.1, -0.05) is 0 Å². The number of rotatable bonds is 5. The number of hydrogen-bond acceptors (Lipinski definition) is 6. The van der Waals surface area contributed by atoms with E-state index in [2.05, 4.69) is 0 Å². The average Bonchev–Trinajstić information content (AvgIpc) is 2.77. The van der Waals surface area contributed by atoms with Gasteiger partial charge in [-0.05, 0) is 37.0 Å². The molecule has 2 fully saturated rings. The smallest absolute Gasteiger partial charge is 0.254 e. The Balaban J connectivity index is 0.00000300. The Bertz CT molecular complexity index is 703. The first-order valence-electron chi connectivity index (χ1n) is 9.68. The zero-order valence-electron chi connectivity index (χ0n) is 17.0. The van der Waals surface area contributed by atoms with Crippen LogP contribution in [0.25, 0.3) is 0 Å². The van der Waals surface area contributed by atoms with Crippen molar-refractivity contribution in [3.8, 4) is 11.5 Å². The third-order valence-corrected chi connectivity index (χ3v) is 5.57. The third-order valence-electron chi connectivity index (χ3n) is 5.57. The number of methoxy groups -OCH3 is 2. The van der Waals surface area contributed by atoms with Crippen molar-refractivity contribution < 1.29 is 23.8 Å². The van der Waals surface area contributed by atoms with Crippen LogP contribution in [0.2, 0.25) is 0 Å². The van der Waals surface area contributed by atoms with E-state index in [-0.39, 0.29) is 30.1 Å². The van der Waals surface area contributed by atoms with Crippen molar-refractivity contribution in [3.63, 3.8) is 0 Å². The van der Waals surface area contributed by atoms with Gasteiger partial charge in [0.15, 0.2) is 11.5 Å². The number of halogens is 1. The zero-order chi connectivity index (χ0) is 20.1. The van der Waals surface area contributed by atoms with E-state index < -0.39 is 6.04 Å². The van der Waals surface area contributed by atoms with Crippen molar-refractivity contribution in [2.24, 2.45) is 11.7 Å². The van der Waals surface area contributed by atoms with E-state index in [0.717, 1.165) is 12.8 Å². The van der Waals surface area contributed by atoms with E-state index in [9.17, 15) is 9.59 Å². The van der Waals surface area contributed by atoms with Gasteiger partial charge >= 0.3 is 0 Å². The maximum absolute atomic E-state index is 12.8. The highest BCUT2D eigenvalue weighted by Crippen LogP contribution is 2.28. The normalized spacial score (nSPS) is 18.6. The number of nitrogens with zero attached hydrogens (tertiary/aromatic N) is 2. The largest absolute Gasteiger partial charge is 0.493 e. The van der Waals surface area contributed by atoms with Gasteiger partial charge < -0.3 is 29.7 Å². The summed E-state index contributed by atoms with van der Waals surface area (Å²) in [5, 5.41) is 0. The maximum atomic E-state index is 12.8. The van der Waals surface area contributed by atoms with Gasteiger partial charge in [-0.2, -0.15) is 0 Å². The molecule has 0 saturated carbocycles. The topological polar surface area (TPSA) is 94.3 Å². The van der Waals surface area contributed by atoms with Crippen LogP contribution in [-0.2, 0) is 9.53 Å². The predicted octanol–water partition coefficient (Wildman–Crippen LogP) is 1.16. The van der Waals surface area contributed by atoms with Crippen LogP contribution < -0.4 is 15.2 Å². The highest BCUT2D eigenvalue weighted by atomic mass is 35.5. The van der Waals surface area contributed by atoms with Crippen molar-refractivity contribution in [2.45, 2.75) is 18.9 Å². The fourth-order valence-electron chi connectivity index (χ4n) is 3.77. The molecule has 1 unspecified atom stereocenters. The second-order valence-electron chi connectivity index (χ2n) is 7.16. The van der Waals surface area contributed by atoms with Crippen LogP contribution in [-0.4, -0.2) is 81.3 Å². The fraction of sp³-hybridized carbons (Fsp3) is 0.600. The van der Waals surface area contributed by atoms with Crippen molar-refractivity contribution >= 4 is 24.2 Å². The van der Waals surface area contributed by atoms with Crippen LogP contribution in [0.4, 0.5) is 0 Å². The summed E-state index contributed by atoms with van der Waals surface area (Å²) < 4.78 is 15.8. The van der Waals surface area contributed by atoms with E-state index in [0.29, 0.717) is 56.5 Å². The fourth-order valence-corrected chi connectivity index (χ4v) is 3.77. The number of amides is 2. The first-order chi connectivity index (χ1) is 13.5. The number of piperazine rings is 1. The minimum Gasteiger partial charge on any atom is -0.493 e. The molecule has 1 atom stereocenters. The first kappa shape index (κ1) is 23.3. The first-order valence-corrected chi connectivity index (χ1v) is 9.68. The summed E-state index contributed by atoms with van der Waals surface area (Å²) in [6.45, 7) is 3.29. The number of hydrogen-bond donors (Lipinski definition) is 1. The summed E-state index contributed by atoms with van der Waals surface area (Å²) in [5.74, 6) is 1.17. The number of benzene rings is 1. The number of carbonyl (C=O) groups is 2. The van der Waals surface area contributed by atoms with Gasteiger partial charge in [-0.15, -0.1) is 12.4 Å². The molecule has 2 aliphatic rings. The van der Waals surface area contributed by atoms with E-state index in [4.69, 9.17) is 19.9 Å². The Morgan fingerprint density at radius 2 is 1.62 bits per heavy atom. The lowest BCUT2D eigenvalue weighted by atomic mass is 9.91. The Hall–Kier alpha value is -2.03. The van der Waals surface area contributed by atoms with Crippen LogP contribution in [0.15, 0.2) is 18.2 Å². The molecular weight excluding hydrogens is 398 g/mol. The minimum absolute atomic E-state index is 0. The monoisotopic (exact) mass is 427 g/mol. The molecule has 0 spiro atoms. The van der Waals surface area contributed by atoms with E-state index in [1.165, 1.54) is 7.11 Å². The summed E-state index contributed by atoms with van der Waals surface area (Å²) in [6, 6.07) is 4.64. The molecule has 162 valence electrons. The number of ether oxygens (including phenoxy) is 3. The van der Waals surface area contributed by atoms with Crippen molar-refractivity contribution in [3.05, 3.63) is 23.8 Å². The highest BCUT2D eigenvalue weighted by molar-refractivity contribution is 5.95. The third kappa shape index (κ3) is 5.32. The molecule has 0 aromatic heterocycles. The van der Waals surface area contributed by atoms with Gasteiger partial charge in [0.25, 0.3) is 5.91 Å². The molecule has 2 aliphatic heterocycles. The van der Waals surface area contributed by atoms with Crippen LogP contribution in [0.5, 0.6) is 11.5 Å². The number of nitrogens with two attached hydrogens (primary N) is 1. The molecule has 29 heavy (non-hydrogen) atoms. The van der Waals surface area contributed by atoms with Crippen molar-refractivity contribution in [1.82, 2.24) is 9.80 Å². The van der Waals surface area contributed by atoms with E-state index >= 15 is 0 Å². The lowest BCUT2D eigenvalue weighted by Gasteiger charge is -2.37. The number of carbonyl (C=O) groups excluding carboxylic acids is 2. The molecule has 1 aromatic rings. The van der Waals surface area contributed by atoms with Crippen molar-refractivity contribution in [2.75, 3.05) is 53.6 Å². The molecule has 3 rings (SSSR count). The molecule has 2 amide bonds. The molecule has 8 nitrogen and oxygen atoms in total. The molecule has 2 N–H and O–H groups in total. The van der Waals surface area contributed by atoms with Crippen molar-refractivity contribution in [1.29, 1.82) is 0 Å². The SMILES string of the molecule is COc1ccc(C(=O)N2CCN(C(=O)C(N)C3CCOCC3)CC2)cc1OC.Cl. The minimum atomic E-state index is -0.489. The molecule has 1 aromatic carbocycles. The summed E-state index contributed by atoms with van der Waals surface area (Å²) >= 11 is 0. The Morgan fingerprint density at radius 1 is 1.03 bits per heavy atom. The zero-order valence-corrected chi connectivity index (χ0v) is 17.8. The highest BCUT2D eigenvalue weighted by Gasteiger charge is 2.32. The van der Waals surface area contributed by atoms with Crippen LogP contribution in [0, 0.1) is 5.92 Å². The molecular formula is C20H30ClN3O5. The van der Waals surface area contributed by atoms with Gasteiger partial charge in [0.2, 0.25) is 5.91 Å². The Labute approximate surface area is 177 Å². The van der Waals surface area contributed by atoms with E-state index in [1.807, 2.05) is 0 Å². The predicted molar refractivity (Wildman–Crippen MR) is 111 cm³/mol. The summed E-state index contributed by atoms with van der Waals surface area (Å²) in [4.78, 5) is 29.1. The Kier molecular flexibility index (Phi) is 8.55. The average molecular weight is 428 g/mol. The second-order valence-corrected chi connectivity index (χ2v) is 7.16. The van der Waals surface area contributed by atoms with Gasteiger partial charge in [0.1, 0.15) is 0 Å². The van der Waals surface area contributed by atoms with Crippen LogP contribution in [0.3, 0.4) is 0 Å². The lowest BCUT2D eigenvalue weighted by Crippen LogP contribution is -2.56. The van der Waals surface area contributed by atoms with Crippen LogP contribution >= 0.6 is 12.4 Å². The lowest BCUT2D eigenvalue weighted by molar-refractivity contribution is -0.136. The van der Waals surface area contributed by atoms with Gasteiger partial charge in [0.05, 0.1) is 20.3 Å². The molecule has 0 radical (unpaired) electrons. The molecule has 2 heterocycles. The molecule has 0 aliphatic carbocycles. The standard InChI is InChI=1S/C20H29N3O5.ClH/c1-26-16-4-3-15(13-17(16)27-2)19(24)22-7-9-23(10-8-22)20(25)18(21)14-5-11-28-12-6-14;/h3-4,13-14,18H,5-12,21H2,1-2H3;1H. The summed E-state index contributed by atoms with van der Waals surface area (Å²) in [5.41, 5.74) is 6.75. The van der Waals surface area contributed by atoms with E-state index in [1.54, 1.807) is 35.1 Å². The second kappa shape index (κ2) is 10.7. The Morgan fingerprint density at radius 3 is 2.21 bits per heavy atom. The molecule has 2 saturated heterocycles. The maximum Gasteiger partial charge on any atom is 0.254 e. The molecule has 0 bridgehead atoms.